The van der Waals surface area contributed by atoms with Gasteiger partial charge in [-0.05, 0) is 63.7 Å². The number of halogens is 6. The number of piperidine rings is 1. The van der Waals surface area contributed by atoms with E-state index in [1.165, 1.54) is 4.90 Å². The molecule has 2 aliphatic rings. The molecule has 2 saturated heterocycles. The predicted molar refractivity (Wildman–Crippen MR) is 133 cm³/mol. The number of alkyl halides is 6. The predicted octanol–water partition coefficient (Wildman–Crippen LogP) is 4.88. The number of benzene rings is 2. The number of carbonyl (C=O) groups is 2. The van der Waals surface area contributed by atoms with E-state index in [9.17, 15) is 35.9 Å². The van der Waals surface area contributed by atoms with Gasteiger partial charge >= 0.3 is 12.4 Å². The minimum Gasteiger partial charge on any atom is -0.339 e. The first-order valence-corrected chi connectivity index (χ1v) is 12.5. The van der Waals surface area contributed by atoms with Crippen LogP contribution in [0.5, 0.6) is 0 Å². The number of hydrogen-bond acceptors (Lipinski definition) is 4. The van der Waals surface area contributed by atoms with Crippen LogP contribution in [-0.4, -0.2) is 79.0 Å². The maximum Gasteiger partial charge on any atom is 0.416 e. The first kappa shape index (κ1) is 28.7. The van der Waals surface area contributed by atoms with Crippen LogP contribution in [0.3, 0.4) is 0 Å². The van der Waals surface area contributed by atoms with Gasteiger partial charge in [0.15, 0.2) is 0 Å². The molecule has 39 heavy (non-hydrogen) atoms. The Hall–Kier alpha value is -3.28. The molecule has 4 rings (SSSR count). The van der Waals surface area contributed by atoms with Crippen LogP contribution in [0.15, 0.2) is 42.5 Å². The van der Waals surface area contributed by atoms with Crippen LogP contribution in [-0.2, 0) is 17.1 Å². The molecule has 2 fully saturated rings. The number of amides is 2. The average molecular weight is 557 g/mol. The summed E-state index contributed by atoms with van der Waals surface area (Å²) >= 11 is 0. The highest BCUT2D eigenvalue weighted by Crippen LogP contribution is 2.41. The Balaban J connectivity index is 1.62. The van der Waals surface area contributed by atoms with Crippen LogP contribution in [0.25, 0.3) is 0 Å². The van der Waals surface area contributed by atoms with Crippen molar-refractivity contribution in [2.45, 2.75) is 37.7 Å². The van der Waals surface area contributed by atoms with Crippen molar-refractivity contribution in [1.29, 1.82) is 0 Å². The molecule has 1 spiro atoms. The van der Waals surface area contributed by atoms with E-state index in [-0.39, 0.29) is 37.9 Å². The second kappa shape index (κ2) is 10.4. The fourth-order valence-corrected chi connectivity index (χ4v) is 5.27. The van der Waals surface area contributed by atoms with Crippen molar-refractivity contribution in [3.8, 4) is 0 Å². The summed E-state index contributed by atoms with van der Waals surface area (Å²) in [6, 6.07) is 8.50. The fraction of sp³-hybridized carbons (Fsp3) is 0.481. The Morgan fingerprint density at radius 3 is 2.03 bits per heavy atom. The lowest BCUT2D eigenvalue weighted by molar-refractivity contribution is -0.143. The molecule has 0 radical (unpaired) electrons. The van der Waals surface area contributed by atoms with Crippen molar-refractivity contribution in [3.63, 3.8) is 0 Å². The summed E-state index contributed by atoms with van der Waals surface area (Å²) in [6.07, 6.45) is -9.73. The second-order valence-corrected chi connectivity index (χ2v) is 10.3. The molecular formula is C27H30F6N4O2. The zero-order valence-electron chi connectivity index (χ0n) is 21.9. The summed E-state index contributed by atoms with van der Waals surface area (Å²) in [5, 5.41) is 0. The zero-order chi connectivity index (χ0) is 28.8. The van der Waals surface area contributed by atoms with Gasteiger partial charge in [-0.2, -0.15) is 26.3 Å². The van der Waals surface area contributed by atoms with E-state index in [1.54, 1.807) is 4.90 Å². The number of hydrogen-bond donors (Lipinski definition) is 0. The molecule has 0 bridgehead atoms. The molecule has 2 amide bonds. The lowest BCUT2D eigenvalue weighted by Crippen LogP contribution is -2.57. The SMILES string of the molecule is Cc1ccccc1N1CN(CCN(C)C)C(=O)C12CCN(C(=O)c1cc(C(F)(F)F)cc(C(F)(F)F)c1)CC2. The maximum absolute atomic E-state index is 13.8. The van der Waals surface area contributed by atoms with Crippen LogP contribution >= 0.6 is 0 Å². The van der Waals surface area contributed by atoms with Gasteiger partial charge in [0.05, 0.1) is 17.8 Å². The van der Waals surface area contributed by atoms with Crippen LogP contribution in [0.4, 0.5) is 32.0 Å². The van der Waals surface area contributed by atoms with E-state index >= 15 is 0 Å². The summed E-state index contributed by atoms with van der Waals surface area (Å²) in [5.74, 6) is -1.03. The van der Waals surface area contributed by atoms with Crippen LogP contribution in [0.2, 0.25) is 0 Å². The Bertz CT molecular complexity index is 1200. The van der Waals surface area contributed by atoms with Crippen LogP contribution in [0, 0.1) is 6.92 Å². The molecule has 0 atom stereocenters. The monoisotopic (exact) mass is 556 g/mol. The summed E-state index contributed by atoms with van der Waals surface area (Å²) in [7, 11) is 3.80. The minimum atomic E-state index is -5.05. The van der Waals surface area contributed by atoms with E-state index in [0.29, 0.717) is 31.9 Å². The average Bonchev–Trinajstić information content (AvgIpc) is 3.12. The normalized spacial score (nSPS) is 18.0. The van der Waals surface area contributed by atoms with Crippen LogP contribution in [0.1, 0.15) is 39.9 Å². The van der Waals surface area contributed by atoms with E-state index < -0.39 is 40.5 Å². The van der Waals surface area contributed by atoms with Crippen molar-refractivity contribution >= 4 is 17.5 Å². The first-order chi connectivity index (χ1) is 18.1. The van der Waals surface area contributed by atoms with Gasteiger partial charge < -0.3 is 19.6 Å². The number of likely N-dealkylation sites (N-methyl/N-ethyl adjacent to an activating group) is 1. The molecule has 0 aromatic heterocycles. The largest absolute Gasteiger partial charge is 0.416 e. The molecular weight excluding hydrogens is 526 g/mol. The number of rotatable bonds is 5. The van der Waals surface area contributed by atoms with Gasteiger partial charge in [-0.3, -0.25) is 9.59 Å². The van der Waals surface area contributed by atoms with Crippen molar-refractivity contribution < 1.29 is 35.9 Å². The van der Waals surface area contributed by atoms with Crippen molar-refractivity contribution in [2.75, 3.05) is 51.8 Å². The summed E-state index contributed by atoms with van der Waals surface area (Å²) < 4.78 is 80.0. The number of para-hydroxylation sites is 1. The highest BCUT2D eigenvalue weighted by Gasteiger charge is 2.54. The van der Waals surface area contributed by atoms with E-state index in [4.69, 9.17) is 0 Å². The topological polar surface area (TPSA) is 47.1 Å². The summed E-state index contributed by atoms with van der Waals surface area (Å²) in [4.78, 5) is 33.9. The van der Waals surface area contributed by atoms with Crippen LogP contribution < -0.4 is 4.90 Å². The number of carbonyl (C=O) groups excluding carboxylic acids is 2. The zero-order valence-corrected chi connectivity index (χ0v) is 21.9. The molecule has 2 heterocycles. The van der Waals surface area contributed by atoms with Gasteiger partial charge in [-0.15, -0.1) is 0 Å². The van der Waals surface area contributed by atoms with Gasteiger partial charge in [0, 0.05) is 37.4 Å². The van der Waals surface area contributed by atoms with E-state index in [0.717, 1.165) is 11.3 Å². The molecule has 2 aliphatic heterocycles. The highest BCUT2D eigenvalue weighted by atomic mass is 19.4. The third-order valence-electron chi connectivity index (χ3n) is 7.45. The molecule has 6 nitrogen and oxygen atoms in total. The fourth-order valence-electron chi connectivity index (χ4n) is 5.27. The van der Waals surface area contributed by atoms with E-state index in [2.05, 4.69) is 0 Å². The number of aryl methyl sites for hydroxylation is 1. The van der Waals surface area contributed by atoms with Crippen molar-refractivity contribution in [3.05, 3.63) is 64.7 Å². The Labute approximate surface area is 222 Å². The second-order valence-electron chi connectivity index (χ2n) is 10.3. The number of likely N-dealkylation sites (tertiary alicyclic amines) is 1. The smallest absolute Gasteiger partial charge is 0.339 e. The standard InChI is InChI=1S/C27H30F6N4O2/c1-18-6-4-5-7-22(18)37-17-36(13-12-34(2)3)24(39)25(37)8-10-35(11-9-25)23(38)19-14-20(26(28,29)30)16-21(15-19)27(31,32)33/h4-7,14-16H,8-13,17H2,1-3H3. The molecule has 0 N–H and O–H groups in total. The lowest BCUT2D eigenvalue weighted by atomic mass is 9.84. The molecule has 12 heteroatoms. The van der Waals surface area contributed by atoms with E-state index in [1.807, 2.05) is 55.1 Å². The lowest BCUT2D eigenvalue weighted by Gasteiger charge is -2.43. The minimum absolute atomic E-state index is 0.00155. The summed E-state index contributed by atoms with van der Waals surface area (Å²) in [5.41, 5.74) is -2.91. The molecule has 0 aliphatic carbocycles. The maximum atomic E-state index is 13.8. The first-order valence-electron chi connectivity index (χ1n) is 12.5. The summed E-state index contributed by atoms with van der Waals surface area (Å²) in [6.45, 7) is 3.42. The van der Waals surface area contributed by atoms with Gasteiger partial charge in [-0.1, -0.05) is 18.2 Å². The van der Waals surface area contributed by atoms with Crippen molar-refractivity contribution in [1.82, 2.24) is 14.7 Å². The van der Waals surface area contributed by atoms with Crippen molar-refractivity contribution in [2.24, 2.45) is 0 Å². The molecule has 2 aromatic carbocycles. The Morgan fingerprint density at radius 1 is 0.949 bits per heavy atom. The van der Waals surface area contributed by atoms with Gasteiger partial charge in [0.25, 0.3) is 5.91 Å². The molecule has 2 aromatic rings. The van der Waals surface area contributed by atoms with Gasteiger partial charge in [0.2, 0.25) is 5.91 Å². The highest BCUT2D eigenvalue weighted by molar-refractivity contribution is 5.96. The van der Waals surface area contributed by atoms with Gasteiger partial charge in [-0.25, -0.2) is 0 Å². The number of anilines is 1. The Morgan fingerprint density at radius 2 is 1.51 bits per heavy atom. The third kappa shape index (κ3) is 5.70. The number of nitrogens with zero attached hydrogens (tertiary/aromatic N) is 4. The Kier molecular flexibility index (Phi) is 7.63. The molecule has 212 valence electrons. The molecule has 0 unspecified atom stereocenters. The quantitative estimate of drug-likeness (QED) is 0.493. The van der Waals surface area contributed by atoms with Gasteiger partial charge in [0.1, 0.15) is 5.54 Å². The third-order valence-corrected chi connectivity index (χ3v) is 7.45. The molecule has 0 saturated carbocycles.